The van der Waals surface area contributed by atoms with Crippen molar-refractivity contribution in [1.82, 2.24) is 10.6 Å². The summed E-state index contributed by atoms with van der Waals surface area (Å²) >= 11 is 1.74. The molecule has 0 bridgehead atoms. The van der Waals surface area contributed by atoms with Crippen LogP contribution in [0, 0.1) is 5.92 Å². The summed E-state index contributed by atoms with van der Waals surface area (Å²) in [5, 5.41) is 8.43. The average molecular weight is 252 g/mol. The molecule has 1 aliphatic carbocycles. The number of carbonyl (C=O) groups excluding carboxylic acids is 1. The van der Waals surface area contributed by atoms with E-state index in [-0.39, 0.29) is 11.9 Å². The summed E-state index contributed by atoms with van der Waals surface area (Å²) in [7, 11) is 0. The maximum atomic E-state index is 11.6. The molecule has 0 radical (unpaired) electrons. The van der Waals surface area contributed by atoms with Crippen LogP contribution >= 0.6 is 11.3 Å². The number of nitrogens with one attached hydrogen (secondary N) is 2. The molecule has 1 fully saturated rings. The van der Waals surface area contributed by atoms with Gasteiger partial charge in [0.25, 0.3) is 0 Å². The van der Waals surface area contributed by atoms with E-state index in [1.54, 1.807) is 11.3 Å². The fourth-order valence-electron chi connectivity index (χ4n) is 1.84. The first-order valence-corrected chi connectivity index (χ1v) is 7.11. The van der Waals surface area contributed by atoms with Crippen LogP contribution < -0.4 is 10.6 Å². The zero-order valence-corrected chi connectivity index (χ0v) is 11.2. The van der Waals surface area contributed by atoms with Gasteiger partial charge in [-0.1, -0.05) is 19.9 Å². The minimum atomic E-state index is 0.120. The molecule has 17 heavy (non-hydrogen) atoms. The highest BCUT2D eigenvalue weighted by atomic mass is 32.1. The van der Waals surface area contributed by atoms with E-state index in [0.717, 1.165) is 12.8 Å². The van der Waals surface area contributed by atoms with Crippen LogP contribution in [-0.4, -0.2) is 18.5 Å². The van der Waals surface area contributed by atoms with Gasteiger partial charge in [0, 0.05) is 17.0 Å². The van der Waals surface area contributed by atoms with E-state index in [9.17, 15) is 4.79 Å². The first-order chi connectivity index (χ1) is 8.16. The molecular weight excluding hydrogens is 232 g/mol. The summed E-state index contributed by atoms with van der Waals surface area (Å²) in [5.41, 5.74) is 0. The third-order valence-corrected chi connectivity index (χ3v) is 3.90. The van der Waals surface area contributed by atoms with Crippen molar-refractivity contribution >= 4 is 17.2 Å². The second-order valence-electron chi connectivity index (χ2n) is 4.96. The Morgan fingerprint density at radius 2 is 2.29 bits per heavy atom. The van der Waals surface area contributed by atoms with Crippen molar-refractivity contribution in [1.29, 1.82) is 0 Å². The minimum absolute atomic E-state index is 0.120. The van der Waals surface area contributed by atoms with Crippen LogP contribution in [0.1, 0.15) is 37.6 Å². The third kappa shape index (κ3) is 3.82. The van der Waals surface area contributed by atoms with Crippen molar-refractivity contribution in [2.45, 2.75) is 38.8 Å². The lowest BCUT2D eigenvalue weighted by Gasteiger charge is -2.21. The molecule has 0 aliphatic heterocycles. The molecule has 94 valence electrons. The maximum Gasteiger partial charge on any atom is 0.234 e. The summed E-state index contributed by atoms with van der Waals surface area (Å²) < 4.78 is 0. The molecule has 2 N–H and O–H groups in total. The molecule has 0 spiro atoms. The second kappa shape index (κ2) is 5.65. The minimum Gasteiger partial charge on any atom is -0.352 e. The van der Waals surface area contributed by atoms with Crippen LogP contribution in [0.2, 0.25) is 0 Å². The zero-order chi connectivity index (χ0) is 12.3. The maximum absolute atomic E-state index is 11.6. The molecule has 2 rings (SSSR count). The highest BCUT2D eigenvalue weighted by Crippen LogP contribution is 2.25. The van der Waals surface area contributed by atoms with E-state index >= 15 is 0 Å². The molecule has 1 atom stereocenters. The molecule has 0 saturated heterocycles. The van der Waals surface area contributed by atoms with Crippen molar-refractivity contribution in [2.24, 2.45) is 5.92 Å². The highest BCUT2D eigenvalue weighted by Gasteiger charge is 2.24. The van der Waals surface area contributed by atoms with E-state index in [2.05, 4.69) is 42.0 Å². The van der Waals surface area contributed by atoms with Crippen LogP contribution in [0.4, 0.5) is 0 Å². The Bertz CT molecular complexity index is 358. The van der Waals surface area contributed by atoms with Gasteiger partial charge in [0.1, 0.15) is 0 Å². The molecule has 1 heterocycles. The van der Waals surface area contributed by atoms with Gasteiger partial charge in [-0.25, -0.2) is 0 Å². The third-order valence-electron chi connectivity index (χ3n) is 2.94. The number of rotatable bonds is 6. The lowest BCUT2D eigenvalue weighted by atomic mass is 10.0. The fourth-order valence-corrected chi connectivity index (χ4v) is 2.82. The predicted octanol–water partition coefficient (Wildman–Crippen LogP) is 2.31. The van der Waals surface area contributed by atoms with Gasteiger partial charge < -0.3 is 10.6 Å². The van der Waals surface area contributed by atoms with Gasteiger partial charge >= 0.3 is 0 Å². The Balaban J connectivity index is 1.83. The fraction of sp³-hybridized carbons (Fsp3) is 0.615. The summed E-state index contributed by atoms with van der Waals surface area (Å²) in [4.78, 5) is 12.9. The van der Waals surface area contributed by atoms with Gasteiger partial charge in [-0.15, -0.1) is 11.3 Å². The van der Waals surface area contributed by atoms with Crippen molar-refractivity contribution in [3.63, 3.8) is 0 Å². The standard InChI is InChI=1S/C13H20N2OS/c1-9(2)13(11-4-3-7-17-11)14-8-12(16)15-10-5-6-10/h3-4,7,9-10,13-14H,5-6,8H2,1-2H3,(H,15,16)/t13-/m0/s1. The number of hydrogen-bond acceptors (Lipinski definition) is 3. The Hall–Kier alpha value is -0.870. The quantitative estimate of drug-likeness (QED) is 0.816. The van der Waals surface area contributed by atoms with Gasteiger partial charge in [-0.05, 0) is 30.2 Å². The van der Waals surface area contributed by atoms with Crippen molar-refractivity contribution in [3.8, 4) is 0 Å². The van der Waals surface area contributed by atoms with E-state index in [4.69, 9.17) is 0 Å². The van der Waals surface area contributed by atoms with E-state index in [1.165, 1.54) is 4.88 Å². The van der Waals surface area contributed by atoms with Crippen molar-refractivity contribution < 1.29 is 4.79 Å². The highest BCUT2D eigenvalue weighted by molar-refractivity contribution is 7.10. The van der Waals surface area contributed by atoms with Crippen LogP contribution in [0.5, 0.6) is 0 Å². The molecule has 4 heteroatoms. The Morgan fingerprint density at radius 3 is 2.82 bits per heavy atom. The van der Waals surface area contributed by atoms with Gasteiger partial charge in [-0.3, -0.25) is 4.79 Å². The molecule has 1 aromatic rings. The number of amides is 1. The molecule has 1 amide bonds. The van der Waals surface area contributed by atoms with E-state index in [0.29, 0.717) is 18.5 Å². The second-order valence-corrected chi connectivity index (χ2v) is 5.94. The monoisotopic (exact) mass is 252 g/mol. The topological polar surface area (TPSA) is 41.1 Å². The van der Waals surface area contributed by atoms with Gasteiger partial charge in [-0.2, -0.15) is 0 Å². The predicted molar refractivity (Wildman–Crippen MR) is 71.1 cm³/mol. The largest absolute Gasteiger partial charge is 0.352 e. The van der Waals surface area contributed by atoms with Gasteiger partial charge in [0.15, 0.2) is 0 Å². The lowest BCUT2D eigenvalue weighted by Crippen LogP contribution is -2.37. The summed E-state index contributed by atoms with van der Waals surface area (Å²) in [6, 6.07) is 4.91. The zero-order valence-electron chi connectivity index (χ0n) is 10.4. The Morgan fingerprint density at radius 1 is 1.53 bits per heavy atom. The molecule has 1 saturated carbocycles. The first-order valence-electron chi connectivity index (χ1n) is 6.23. The molecule has 3 nitrogen and oxygen atoms in total. The molecule has 0 unspecified atom stereocenters. The molecule has 1 aromatic heterocycles. The number of hydrogen-bond donors (Lipinski definition) is 2. The normalized spacial score (nSPS) is 17.1. The summed E-state index contributed by atoms with van der Waals surface area (Å²) in [6.45, 7) is 4.77. The smallest absolute Gasteiger partial charge is 0.234 e. The summed E-state index contributed by atoms with van der Waals surface area (Å²) in [5.74, 6) is 0.608. The Labute approximate surface area is 107 Å². The van der Waals surface area contributed by atoms with E-state index < -0.39 is 0 Å². The lowest BCUT2D eigenvalue weighted by molar-refractivity contribution is -0.120. The summed E-state index contributed by atoms with van der Waals surface area (Å²) in [6.07, 6.45) is 2.29. The van der Waals surface area contributed by atoms with Crippen molar-refractivity contribution in [2.75, 3.05) is 6.54 Å². The van der Waals surface area contributed by atoms with Crippen LogP contribution in [0.25, 0.3) is 0 Å². The molecule has 0 aromatic carbocycles. The van der Waals surface area contributed by atoms with Crippen molar-refractivity contribution in [3.05, 3.63) is 22.4 Å². The van der Waals surface area contributed by atoms with Gasteiger partial charge in [0.05, 0.1) is 6.54 Å². The first kappa shape index (κ1) is 12.6. The van der Waals surface area contributed by atoms with Crippen LogP contribution in [0.15, 0.2) is 17.5 Å². The number of carbonyl (C=O) groups is 1. The SMILES string of the molecule is CC(C)[C@H](NCC(=O)NC1CC1)c1cccs1. The molecule has 1 aliphatic rings. The van der Waals surface area contributed by atoms with Gasteiger partial charge in [0.2, 0.25) is 5.91 Å². The van der Waals surface area contributed by atoms with E-state index in [1.807, 2.05) is 0 Å². The van der Waals surface area contributed by atoms with Crippen LogP contribution in [0.3, 0.4) is 0 Å². The average Bonchev–Trinajstić information content (AvgIpc) is 2.92. The molecular formula is C13H20N2OS. The Kier molecular flexibility index (Phi) is 4.18. The van der Waals surface area contributed by atoms with Crippen LogP contribution in [-0.2, 0) is 4.79 Å². The number of thiophene rings is 1.